The molecule has 1 aliphatic heterocycles. The summed E-state index contributed by atoms with van der Waals surface area (Å²) in [7, 11) is 2.06. The van der Waals surface area contributed by atoms with Crippen molar-refractivity contribution in [1.29, 1.82) is 5.26 Å². The minimum absolute atomic E-state index is 0.347. The van der Waals surface area contributed by atoms with Crippen LogP contribution in [0.25, 0.3) is 0 Å². The van der Waals surface area contributed by atoms with Crippen LogP contribution in [-0.4, -0.2) is 36.6 Å². The molecule has 4 rings (SSSR count). The second kappa shape index (κ2) is 9.70. The third-order valence-electron chi connectivity index (χ3n) is 5.91. The van der Waals surface area contributed by atoms with Gasteiger partial charge in [0.15, 0.2) is 0 Å². The molecule has 31 heavy (non-hydrogen) atoms. The summed E-state index contributed by atoms with van der Waals surface area (Å²) >= 11 is 12.5. The number of aromatic nitrogens is 1. The Balaban J connectivity index is 1.55. The quantitative estimate of drug-likeness (QED) is 0.489. The van der Waals surface area contributed by atoms with Crippen molar-refractivity contribution < 1.29 is 0 Å². The maximum absolute atomic E-state index is 9.02. The highest BCUT2D eigenvalue weighted by atomic mass is 35.5. The molecule has 1 fully saturated rings. The molecule has 4 nitrogen and oxygen atoms in total. The van der Waals surface area contributed by atoms with Crippen LogP contribution in [0.2, 0.25) is 10.0 Å². The number of benzene rings is 2. The van der Waals surface area contributed by atoms with Gasteiger partial charge in [0.05, 0.1) is 15.6 Å². The third kappa shape index (κ3) is 5.19. The lowest BCUT2D eigenvalue weighted by Gasteiger charge is -2.26. The first-order chi connectivity index (χ1) is 15.0. The molecule has 0 aliphatic carbocycles. The fourth-order valence-corrected chi connectivity index (χ4v) is 4.67. The van der Waals surface area contributed by atoms with Gasteiger partial charge in [-0.05, 0) is 41.3 Å². The van der Waals surface area contributed by atoms with Crippen LogP contribution < -0.4 is 4.90 Å². The Morgan fingerprint density at radius 1 is 1.06 bits per heavy atom. The third-order valence-corrected chi connectivity index (χ3v) is 6.65. The Kier molecular flexibility index (Phi) is 6.77. The summed E-state index contributed by atoms with van der Waals surface area (Å²) in [5.74, 6) is 1.62. The molecule has 0 radical (unpaired) electrons. The van der Waals surface area contributed by atoms with Crippen LogP contribution in [0.4, 0.5) is 5.82 Å². The molecule has 0 amide bonds. The van der Waals surface area contributed by atoms with Gasteiger partial charge in [0.1, 0.15) is 11.9 Å². The molecule has 158 valence electrons. The molecular weight excluding hydrogens is 427 g/mol. The first-order valence-electron chi connectivity index (χ1n) is 10.3. The van der Waals surface area contributed by atoms with E-state index in [4.69, 9.17) is 28.5 Å². The van der Waals surface area contributed by atoms with Gasteiger partial charge in [-0.15, -0.1) is 0 Å². The maximum atomic E-state index is 9.02. The van der Waals surface area contributed by atoms with Crippen molar-refractivity contribution in [1.82, 2.24) is 9.88 Å². The summed E-state index contributed by atoms with van der Waals surface area (Å²) < 4.78 is 0. The standard InChI is InChI=1S/C25H24Cl2N4/c1-30(25-10-7-19(12-28)13-29-25)15-21-16-31(14-18-5-3-2-4-6-18)17-22(21)20-8-9-23(26)24(27)11-20/h2-11,13,21-22H,14-17H2,1H3. The van der Waals surface area contributed by atoms with E-state index in [1.165, 1.54) is 11.1 Å². The van der Waals surface area contributed by atoms with Gasteiger partial charge in [-0.2, -0.15) is 5.26 Å². The fraction of sp³-hybridized carbons (Fsp3) is 0.280. The lowest BCUT2D eigenvalue weighted by Crippen LogP contribution is -2.30. The number of rotatable bonds is 6. The molecule has 3 aromatic rings. The smallest absolute Gasteiger partial charge is 0.128 e. The van der Waals surface area contributed by atoms with Gasteiger partial charge in [0.25, 0.3) is 0 Å². The average molecular weight is 451 g/mol. The highest BCUT2D eigenvalue weighted by Crippen LogP contribution is 2.37. The van der Waals surface area contributed by atoms with Gasteiger partial charge in [-0.1, -0.05) is 59.6 Å². The SMILES string of the molecule is CN(CC1CN(Cc2ccccc2)CC1c1ccc(Cl)c(Cl)c1)c1ccc(C#N)cn1. The Morgan fingerprint density at radius 3 is 2.55 bits per heavy atom. The lowest BCUT2D eigenvalue weighted by molar-refractivity contribution is 0.316. The predicted molar refractivity (Wildman–Crippen MR) is 127 cm³/mol. The summed E-state index contributed by atoms with van der Waals surface area (Å²) in [5.41, 5.74) is 3.11. The van der Waals surface area contributed by atoms with E-state index in [-0.39, 0.29) is 0 Å². The van der Waals surface area contributed by atoms with Crippen LogP contribution in [0.1, 0.15) is 22.6 Å². The van der Waals surface area contributed by atoms with E-state index in [2.05, 4.69) is 58.2 Å². The zero-order chi connectivity index (χ0) is 21.8. The average Bonchev–Trinajstić information content (AvgIpc) is 3.18. The Labute approximate surface area is 193 Å². The van der Waals surface area contributed by atoms with Crippen LogP contribution in [0.15, 0.2) is 66.9 Å². The maximum Gasteiger partial charge on any atom is 0.128 e. The second-order valence-electron chi connectivity index (χ2n) is 8.12. The number of pyridine rings is 1. The first kappa shape index (κ1) is 21.6. The summed E-state index contributed by atoms with van der Waals surface area (Å²) in [6.07, 6.45) is 1.62. The monoisotopic (exact) mass is 450 g/mol. The molecule has 1 saturated heterocycles. The van der Waals surface area contributed by atoms with E-state index in [0.29, 0.717) is 27.4 Å². The van der Waals surface area contributed by atoms with Crippen molar-refractivity contribution >= 4 is 29.0 Å². The van der Waals surface area contributed by atoms with Crippen LogP contribution >= 0.6 is 23.2 Å². The minimum Gasteiger partial charge on any atom is -0.359 e. The molecule has 2 atom stereocenters. The molecule has 2 aromatic carbocycles. The largest absolute Gasteiger partial charge is 0.359 e. The Morgan fingerprint density at radius 2 is 1.87 bits per heavy atom. The van der Waals surface area contributed by atoms with Crippen LogP contribution in [0.5, 0.6) is 0 Å². The van der Waals surface area contributed by atoms with E-state index < -0.39 is 0 Å². The van der Waals surface area contributed by atoms with Gasteiger partial charge in [0, 0.05) is 45.3 Å². The zero-order valence-corrected chi connectivity index (χ0v) is 18.9. The van der Waals surface area contributed by atoms with Gasteiger partial charge >= 0.3 is 0 Å². The van der Waals surface area contributed by atoms with Crippen molar-refractivity contribution in [2.45, 2.75) is 12.5 Å². The van der Waals surface area contributed by atoms with Gasteiger partial charge < -0.3 is 4.90 Å². The molecule has 1 aromatic heterocycles. The first-order valence-corrected chi connectivity index (χ1v) is 11.1. The lowest BCUT2D eigenvalue weighted by atomic mass is 9.88. The van der Waals surface area contributed by atoms with Crippen molar-refractivity contribution in [3.05, 3.63) is 93.6 Å². The van der Waals surface area contributed by atoms with Crippen LogP contribution in [-0.2, 0) is 6.54 Å². The molecule has 6 heteroatoms. The molecule has 2 heterocycles. The van der Waals surface area contributed by atoms with E-state index in [1.807, 2.05) is 30.3 Å². The van der Waals surface area contributed by atoms with Crippen molar-refractivity contribution in [2.75, 3.05) is 31.6 Å². The zero-order valence-electron chi connectivity index (χ0n) is 17.4. The number of anilines is 1. The minimum atomic E-state index is 0.347. The predicted octanol–water partition coefficient (Wildman–Crippen LogP) is 5.61. The number of nitrogens with zero attached hydrogens (tertiary/aromatic N) is 4. The second-order valence-corrected chi connectivity index (χ2v) is 8.93. The molecule has 0 N–H and O–H groups in total. The van der Waals surface area contributed by atoms with Gasteiger partial charge in [-0.3, -0.25) is 4.90 Å². The summed E-state index contributed by atoms with van der Waals surface area (Å²) in [5, 5.41) is 10.2. The number of hydrogen-bond acceptors (Lipinski definition) is 4. The highest BCUT2D eigenvalue weighted by molar-refractivity contribution is 6.42. The molecule has 0 spiro atoms. The Hall–Kier alpha value is -2.58. The summed E-state index contributed by atoms with van der Waals surface area (Å²) in [6.45, 7) is 3.73. The summed E-state index contributed by atoms with van der Waals surface area (Å²) in [4.78, 5) is 9.13. The number of likely N-dealkylation sites (tertiary alicyclic amines) is 1. The normalized spacial score (nSPS) is 18.6. The Bertz CT molecular complexity index is 1060. The van der Waals surface area contributed by atoms with Crippen LogP contribution in [0.3, 0.4) is 0 Å². The number of halogens is 2. The van der Waals surface area contributed by atoms with E-state index in [0.717, 1.165) is 32.0 Å². The topological polar surface area (TPSA) is 43.2 Å². The molecule has 2 unspecified atom stereocenters. The summed E-state index contributed by atoms with van der Waals surface area (Å²) in [6, 6.07) is 22.4. The molecule has 0 saturated carbocycles. The number of hydrogen-bond donors (Lipinski definition) is 0. The molecule has 0 bridgehead atoms. The van der Waals surface area contributed by atoms with Crippen molar-refractivity contribution in [3.63, 3.8) is 0 Å². The van der Waals surface area contributed by atoms with Gasteiger partial charge in [-0.25, -0.2) is 4.98 Å². The molecular formula is C25H24Cl2N4. The molecule has 1 aliphatic rings. The van der Waals surface area contributed by atoms with Crippen LogP contribution in [0, 0.1) is 17.2 Å². The fourth-order valence-electron chi connectivity index (χ4n) is 4.36. The number of nitriles is 1. The van der Waals surface area contributed by atoms with E-state index >= 15 is 0 Å². The highest BCUT2D eigenvalue weighted by Gasteiger charge is 2.34. The van der Waals surface area contributed by atoms with E-state index in [9.17, 15) is 0 Å². The van der Waals surface area contributed by atoms with Gasteiger partial charge in [0.2, 0.25) is 0 Å². The van der Waals surface area contributed by atoms with Crippen molar-refractivity contribution in [2.24, 2.45) is 5.92 Å². The van der Waals surface area contributed by atoms with E-state index in [1.54, 1.807) is 6.20 Å². The van der Waals surface area contributed by atoms with Crippen molar-refractivity contribution in [3.8, 4) is 6.07 Å².